The van der Waals surface area contributed by atoms with Crippen LogP contribution in [0.25, 0.3) is 0 Å². The standard InChI is InChI=1S/C13H14ClNO5/c1-13(2,3)20-12(19)15-9-5-4-7(14)6-8(9)10(16)11(17)18/h4-6H,1-3H3,(H,15,19)(H,17,18). The number of ketones is 1. The van der Waals surface area contributed by atoms with E-state index in [1.807, 2.05) is 0 Å². The molecule has 20 heavy (non-hydrogen) atoms. The number of aliphatic carboxylic acids is 1. The molecule has 6 nitrogen and oxygen atoms in total. The van der Waals surface area contributed by atoms with Crippen LogP contribution in [0.3, 0.4) is 0 Å². The lowest BCUT2D eigenvalue weighted by molar-refractivity contribution is -0.131. The van der Waals surface area contributed by atoms with Gasteiger partial charge in [-0.15, -0.1) is 0 Å². The molecule has 1 aromatic carbocycles. The molecule has 0 fully saturated rings. The summed E-state index contributed by atoms with van der Waals surface area (Å²) in [6, 6.07) is 3.93. The molecule has 0 saturated carbocycles. The van der Waals surface area contributed by atoms with Crippen molar-refractivity contribution in [3.63, 3.8) is 0 Å². The van der Waals surface area contributed by atoms with Crippen LogP contribution in [0.4, 0.5) is 10.5 Å². The van der Waals surface area contributed by atoms with Crippen molar-refractivity contribution in [3.8, 4) is 0 Å². The van der Waals surface area contributed by atoms with Crippen LogP contribution >= 0.6 is 11.6 Å². The van der Waals surface area contributed by atoms with Crippen LogP contribution in [-0.4, -0.2) is 28.6 Å². The minimum absolute atomic E-state index is 0.0241. The topological polar surface area (TPSA) is 92.7 Å². The van der Waals surface area contributed by atoms with Crippen molar-refractivity contribution in [1.29, 1.82) is 0 Å². The fraction of sp³-hybridized carbons (Fsp3) is 0.308. The number of carboxylic acids is 1. The van der Waals surface area contributed by atoms with Gasteiger partial charge in [0.2, 0.25) is 0 Å². The average molecular weight is 300 g/mol. The zero-order valence-corrected chi connectivity index (χ0v) is 11.9. The summed E-state index contributed by atoms with van der Waals surface area (Å²) < 4.78 is 5.03. The Morgan fingerprint density at radius 2 is 1.85 bits per heavy atom. The average Bonchev–Trinajstić information content (AvgIpc) is 2.27. The number of hydrogen-bond acceptors (Lipinski definition) is 4. The van der Waals surface area contributed by atoms with Gasteiger partial charge in [-0.3, -0.25) is 10.1 Å². The Kier molecular flexibility index (Phi) is 4.73. The van der Waals surface area contributed by atoms with Crippen LogP contribution in [0.2, 0.25) is 5.02 Å². The lowest BCUT2D eigenvalue weighted by atomic mass is 10.1. The Hall–Kier alpha value is -2.08. The normalized spacial score (nSPS) is 10.8. The highest BCUT2D eigenvalue weighted by Crippen LogP contribution is 2.22. The van der Waals surface area contributed by atoms with E-state index in [9.17, 15) is 14.4 Å². The third kappa shape index (κ3) is 4.55. The predicted octanol–water partition coefficient (Wildman–Crippen LogP) is 2.95. The van der Waals surface area contributed by atoms with Gasteiger partial charge in [0, 0.05) is 5.02 Å². The van der Waals surface area contributed by atoms with Crippen LogP contribution in [-0.2, 0) is 9.53 Å². The summed E-state index contributed by atoms with van der Waals surface area (Å²) in [6.07, 6.45) is -0.792. The number of ether oxygens (including phenoxy) is 1. The van der Waals surface area contributed by atoms with Gasteiger partial charge in [0.05, 0.1) is 11.3 Å². The van der Waals surface area contributed by atoms with Gasteiger partial charge in [-0.2, -0.15) is 0 Å². The first-order valence-electron chi connectivity index (χ1n) is 5.67. The van der Waals surface area contributed by atoms with Crippen LogP contribution in [0, 0.1) is 0 Å². The third-order valence-electron chi connectivity index (χ3n) is 2.06. The van der Waals surface area contributed by atoms with Crippen molar-refractivity contribution in [1.82, 2.24) is 0 Å². The summed E-state index contributed by atoms with van der Waals surface area (Å²) in [5.74, 6) is -2.81. The molecule has 0 aromatic heterocycles. The number of anilines is 1. The van der Waals surface area contributed by atoms with E-state index in [0.29, 0.717) is 0 Å². The first-order chi connectivity index (χ1) is 9.10. The maximum atomic E-state index is 11.6. The van der Waals surface area contributed by atoms with Crippen LogP contribution in [0.1, 0.15) is 31.1 Å². The number of carboxylic acid groups (broad SMARTS) is 1. The van der Waals surface area contributed by atoms with Crippen molar-refractivity contribution in [3.05, 3.63) is 28.8 Å². The lowest BCUT2D eigenvalue weighted by Gasteiger charge is -2.20. The van der Waals surface area contributed by atoms with E-state index in [4.69, 9.17) is 21.4 Å². The monoisotopic (exact) mass is 299 g/mol. The van der Waals surface area contributed by atoms with Gasteiger partial charge in [0.15, 0.2) is 0 Å². The maximum Gasteiger partial charge on any atom is 0.412 e. The Balaban J connectivity index is 3.04. The highest BCUT2D eigenvalue weighted by atomic mass is 35.5. The lowest BCUT2D eigenvalue weighted by Crippen LogP contribution is -2.28. The first kappa shape index (κ1) is 16.0. The minimum atomic E-state index is -1.64. The molecule has 0 saturated heterocycles. The van der Waals surface area contributed by atoms with E-state index in [2.05, 4.69) is 5.32 Å². The number of benzene rings is 1. The highest BCUT2D eigenvalue weighted by Gasteiger charge is 2.22. The molecule has 0 bridgehead atoms. The van der Waals surface area contributed by atoms with Gasteiger partial charge in [0.1, 0.15) is 5.60 Å². The Morgan fingerprint density at radius 3 is 2.35 bits per heavy atom. The molecule has 0 aliphatic heterocycles. The summed E-state index contributed by atoms with van der Waals surface area (Å²) >= 11 is 5.72. The van der Waals surface area contributed by atoms with E-state index < -0.39 is 23.4 Å². The predicted molar refractivity (Wildman–Crippen MR) is 73.3 cm³/mol. The molecule has 7 heteroatoms. The Morgan fingerprint density at radius 1 is 1.25 bits per heavy atom. The molecular formula is C13H14ClNO5. The second-order valence-electron chi connectivity index (χ2n) is 4.95. The van der Waals surface area contributed by atoms with Gasteiger partial charge < -0.3 is 9.84 Å². The zero-order valence-electron chi connectivity index (χ0n) is 11.2. The van der Waals surface area contributed by atoms with Crippen LogP contribution in [0.15, 0.2) is 18.2 Å². The first-order valence-corrected chi connectivity index (χ1v) is 6.05. The number of nitrogens with one attached hydrogen (secondary N) is 1. The minimum Gasteiger partial charge on any atom is -0.475 e. The molecule has 0 radical (unpaired) electrons. The fourth-order valence-corrected chi connectivity index (χ4v) is 1.51. The summed E-state index contributed by atoms with van der Waals surface area (Å²) in [6.45, 7) is 5.03. The number of amides is 1. The number of Topliss-reactive ketones (excluding diaryl/α,β-unsaturated/α-hetero) is 1. The highest BCUT2D eigenvalue weighted by molar-refractivity contribution is 6.42. The Labute approximate surface area is 120 Å². The molecular weight excluding hydrogens is 286 g/mol. The smallest absolute Gasteiger partial charge is 0.412 e. The maximum absolute atomic E-state index is 11.6. The van der Waals surface area contributed by atoms with Crippen molar-refractivity contribution in [2.24, 2.45) is 0 Å². The molecule has 2 N–H and O–H groups in total. The van der Waals surface area contributed by atoms with Crippen molar-refractivity contribution >= 4 is 35.1 Å². The molecule has 0 heterocycles. The van der Waals surface area contributed by atoms with E-state index in [0.717, 1.165) is 0 Å². The summed E-state index contributed by atoms with van der Waals surface area (Å²) in [5.41, 5.74) is -0.903. The Bertz CT molecular complexity index is 562. The second-order valence-corrected chi connectivity index (χ2v) is 5.39. The largest absolute Gasteiger partial charge is 0.475 e. The molecule has 0 unspecified atom stereocenters. The van der Waals surface area contributed by atoms with Gasteiger partial charge in [-0.25, -0.2) is 9.59 Å². The van der Waals surface area contributed by atoms with Crippen LogP contribution < -0.4 is 5.32 Å². The number of hydrogen-bond donors (Lipinski definition) is 2. The van der Waals surface area contributed by atoms with E-state index in [1.54, 1.807) is 20.8 Å². The van der Waals surface area contributed by atoms with Gasteiger partial charge in [-0.1, -0.05) is 11.6 Å². The molecule has 1 aromatic rings. The molecule has 1 rings (SSSR count). The molecule has 0 aliphatic carbocycles. The molecule has 0 spiro atoms. The van der Waals surface area contributed by atoms with Gasteiger partial charge in [-0.05, 0) is 39.0 Å². The third-order valence-corrected chi connectivity index (χ3v) is 2.29. The fourth-order valence-electron chi connectivity index (χ4n) is 1.34. The van der Waals surface area contributed by atoms with E-state index in [1.165, 1.54) is 18.2 Å². The number of rotatable bonds is 3. The number of carbonyl (C=O) groups excluding carboxylic acids is 2. The number of carbonyl (C=O) groups is 3. The van der Waals surface area contributed by atoms with E-state index >= 15 is 0 Å². The summed E-state index contributed by atoms with van der Waals surface area (Å²) in [5, 5.41) is 11.2. The zero-order chi connectivity index (χ0) is 15.5. The van der Waals surface area contributed by atoms with Crippen molar-refractivity contribution in [2.75, 3.05) is 5.32 Å². The molecule has 108 valence electrons. The van der Waals surface area contributed by atoms with E-state index in [-0.39, 0.29) is 16.3 Å². The molecule has 0 atom stereocenters. The SMILES string of the molecule is CC(C)(C)OC(=O)Nc1ccc(Cl)cc1C(=O)C(=O)O. The molecule has 1 amide bonds. The number of halogens is 1. The van der Waals surface area contributed by atoms with Gasteiger partial charge in [0.25, 0.3) is 5.78 Å². The van der Waals surface area contributed by atoms with Crippen LogP contribution in [0.5, 0.6) is 0 Å². The van der Waals surface area contributed by atoms with Crippen molar-refractivity contribution in [2.45, 2.75) is 26.4 Å². The summed E-state index contributed by atoms with van der Waals surface area (Å²) in [7, 11) is 0. The van der Waals surface area contributed by atoms with Crippen molar-refractivity contribution < 1.29 is 24.2 Å². The second kappa shape index (κ2) is 5.92. The van der Waals surface area contributed by atoms with Gasteiger partial charge >= 0.3 is 12.1 Å². The molecule has 0 aliphatic rings. The summed E-state index contributed by atoms with van der Waals surface area (Å²) in [4.78, 5) is 33.9. The quantitative estimate of drug-likeness (QED) is 0.661.